The number of furan rings is 1. The molecule has 0 aliphatic carbocycles. The highest BCUT2D eigenvalue weighted by Crippen LogP contribution is 2.22. The van der Waals surface area contributed by atoms with Gasteiger partial charge in [-0.1, -0.05) is 12.1 Å². The van der Waals surface area contributed by atoms with Crippen LogP contribution in [0, 0.1) is 6.92 Å². The SMILES string of the molecule is C=CCn1cnc2oc(C)c(C(=O)NC(C)c3ccccn3)c2c1=O. The van der Waals surface area contributed by atoms with Crippen LogP contribution >= 0.6 is 0 Å². The van der Waals surface area contributed by atoms with Gasteiger partial charge >= 0.3 is 0 Å². The van der Waals surface area contributed by atoms with Crippen molar-refractivity contribution in [2.45, 2.75) is 26.4 Å². The molecule has 128 valence electrons. The van der Waals surface area contributed by atoms with Gasteiger partial charge in [0.25, 0.3) is 11.5 Å². The van der Waals surface area contributed by atoms with E-state index in [1.54, 1.807) is 25.3 Å². The Morgan fingerprint density at radius 1 is 1.44 bits per heavy atom. The summed E-state index contributed by atoms with van der Waals surface area (Å²) in [7, 11) is 0. The predicted octanol–water partition coefficient (Wildman–Crippen LogP) is 2.37. The third kappa shape index (κ3) is 3.08. The summed E-state index contributed by atoms with van der Waals surface area (Å²) in [6.07, 6.45) is 4.63. The Bertz CT molecular complexity index is 989. The number of rotatable bonds is 5. The normalized spacial score (nSPS) is 12.1. The standard InChI is InChI=1S/C18H18N4O3/c1-4-9-22-10-20-17-15(18(22)24)14(12(3)25-17)16(23)21-11(2)13-7-5-6-8-19-13/h4-8,10-11H,1,9H2,2-3H3,(H,21,23). The maximum absolute atomic E-state index is 12.8. The lowest BCUT2D eigenvalue weighted by Gasteiger charge is -2.13. The van der Waals surface area contributed by atoms with Gasteiger partial charge in [0, 0.05) is 12.7 Å². The molecule has 7 heteroatoms. The molecule has 1 atom stereocenters. The van der Waals surface area contributed by atoms with Crippen LogP contribution < -0.4 is 10.9 Å². The first kappa shape index (κ1) is 16.6. The van der Waals surface area contributed by atoms with Crippen LogP contribution in [-0.4, -0.2) is 20.4 Å². The minimum atomic E-state index is -0.398. The Morgan fingerprint density at radius 2 is 2.24 bits per heavy atom. The van der Waals surface area contributed by atoms with Gasteiger partial charge in [-0.25, -0.2) is 4.98 Å². The predicted molar refractivity (Wildman–Crippen MR) is 93.3 cm³/mol. The van der Waals surface area contributed by atoms with Crippen molar-refractivity contribution in [1.82, 2.24) is 19.9 Å². The monoisotopic (exact) mass is 338 g/mol. The largest absolute Gasteiger partial charge is 0.442 e. The van der Waals surface area contributed by atoms with Gasteiger partial charge in [-0.2, -0.15) is 0 Å². The topological polar surface area (TPSA) is 90.0 Å². The molecule has 0 fully saturated rings. The van der Waals surface area contributed by atoms with Crippen LogP contribution in [0.3, 0.4) is 0 Å². The van der Waals surface area contributed by atoms with Crippen LogP contribution in [0.4, 0.5) is 0 Å². The summed E-state index contributed by atoms with van der Waals surface area (Å²) >= 11 is 0. The van der Waals surface area contributed by atoms with E-state index in [4.69, 9.17) is 4.42 Å². The molecule has 3 heterocycles. The van der Waals surface area contributed by atoms with Crippen LogP contribution in [0.1, 0.15) is 34.8 Å². The van der Waals surface area contributed by atoms with E-state index in [0.29, 0.717) is 12.3 Å². The van der Waals surface area contributed by atoms with Crippen molar-refractivity contribution in [3.05, 3.63) is 70.7 Å². The van der Waals surface area contributed by atoms with Gasteiger partial charge in [0.15, 0.2) is 0 Å². The molecule has 0 saturated heterocycles. The molecule has 0 spiro atoms. The molecule has 1 amide bonds. The number of aryl methyl sites for hydroxylation is 1. The number of amides is 1. The second-order valence-corrected chi connectivity index (χ2v) is 5.65. The third-order valence-corrected chi connectivity index (χ3v) is 3.89. The molecule has 25 heavy (non-hydrogen) atoms. The molecule has 0 aromatic carbocycles. The summed E-state index contributed by atoms with van der Waals surface area (Å²) in [5.74, 6) is -0.0497. The van der Waals surface area contributed by atoms with Crippen LogP contribution in [0.25, 0.3) is 11.1 Å². The average Bonchev–Trinajstić information content (AvgIpc) is 2.95. The molecule has 1 unspecified atom stereocenters. The van der Waals surface area contributed by atoms with E-state index in [1.807, 2.05) is 19.1 Å². The quantitative estimate of drug-likeness (QED) is 0.721. The van der Waals surface area contributed by atoms with Gasteiger partial charge in [-0.15, -0.1) is 6.58 Å². The zero-order chi connectivity index (χ0) is 18.0. The summed E-state index contributed by atoms with van der Waals surface area (Å²) in [5.41, 5.74) is 0.744. The number of nitrogens with zero attached hydrogens (tertiary/aromatic N) is 3. The molecular formula is C18H18N4O3. The highest BCUT2D eigenvalue weighted by Gasteiger charge is 2.24. The Kier molecular flexibility index (Phi) is 4.47. The molecule has 0 radical (unpaired) electrons. The summed E-state index contributed by atoms with van der Waals surface area (Å²) in [4.78, 5) is 33.7. The number of carbonyl (C=O) groups excluding carboxylic acids is 1. The van der Waals surface area contributed by atoms with Crippen LogP contribution in [0.2, 0.25) is 0 Å². The molecule has 0 aliphatic heterocycles. The first-order valence-corrected chi connectivity index (χ1v) is 7.84. The van der Waals surface area contributed by atoms with Crippen LogP contribution in [0.15, 0.2) is 52.6 Å². The minimum absolute atomic E-state index is 0.151. The maximum atomic E-state index is 12.8. The van der Waals surface area contributed by atoms with Gasteiger partial charge < -0.3 is 9.73 Å². The Balaban J connectivity index is 2.01. The lowest BCUT2D eigenvalue weighted by molar-refractivity contribution is 0.0939. The molecule has 0 bridgehead atoms. The van der Waals surface area contributed by atoms with Gasteiger partial charge in [0.05, 0.1) is 17.3 Å². The Labute approximate surface area is 144 Å². The average molecular weight is 338 g/mol. The first-order valence-electron chi connectivity index (χ1n) is 7.84. The fourth-order valence-electron chi connectivity index (χ4n) is 2.65. The van der Waals surface area contributed by atoms with Crippen molar-refractivity contribution in [3.63, 3.8) is 0 Å². The zero-order valence-electron chi connectivity index (χ0n) is 14.0. The lowest BCUT2D eigenvalue weighted by atomic mass is 10.1. The molecule has 3 aromatic rings. The highest BCUT2D eigenvalue weighted by atomic mass is 16.3. The van der Waals surface area contributed by atoms with E-state index in [0.717, 1.165) is 5.69 Å². The summed E-state index contributed by atoms with van der Waals surface area (Å²) in [6, 6.07) is 5.16. The number of carbonyl (C=O) groups is 1. The van der Waals surface area contributed by atoms with E-state index >= 15 is 0 Å². The maximum Gasteiger partial charge on any atom is 0.265 e. The van der Waals surface area contributed by atoms with E-state index < -0.39 is 5.91 Å². The lowest BCUT2D eigenvalue weighted by Crippen LogP contribution is -2.29. The summed E-state index contributed by atoms with van der Waals surface area (Å²) in [6.45, 7) is 7.38. The van der Waals surface area contributed by atoms with Crippen LogP contribution in [0.5, 0.6) is 0 Å². The molecule has 3 rings (SSSR count). The molecular weight excluding hydrogens is 320 g/mol. The van der Waals surface area contributed by atoms with Crippen molar-refractivity contribution >= 4 is 17.0 Å². The molecule has 0 saturated carbocycles. The molecule has 0 aliphatic rings. The van der Waals surface area contributed by atoms with Crippen molar-refractivity contribution < 1.29 is 9.21 Å². The van der Waals surface area contributed by atoms with E-state index in [9.17, 15) is 9.59 Å². The third-order valence-electron chi connectivity index (χ3n) is 3.89. The summed E-state index contributed by atoms with van der Waals surface area (Å²) in [5, 5.41) is 3.03. The second-order valence-electron chi connectivity index (χ2n) is 5.65. The van der Waals surface area contributed by atoms with E-state index in [-0.39, 0.29) is 28.3 Å². The zero-order valence-corrected chi connectivity index (χ0v) is 14.0. The highest BCUT2D eigenvalue weighted by molar-refractivity contribution is 6.06. The number of hydrogen-bond acceptors (Lipinski definition) is 5. The second kappa shape index (κ2) is 6.72. The molecule has 3 aromatic heterocycles. The Hall–Kier alpha value is -3.22. The van der Waals surface area contributed by atoms with Crippen molar-refractivity contribution in [3.8, 4) is 0 Å². The number of pyridine rings is 1. The van der Waals surface area contributed by atoms with Gasteiger partial charge in [0.2, 0.25) is 5.71 Å². The van der Waals surface area contributed by atoms with Crippen molar-refractivity contribution in [2.24, 2.45) is 0 Å². The van der Waals surface area contributed by atoms with Crippen molar-refractivity contribution in [1.29, 1.82) is 0 Å². The van der Waals surface area contributed by atoms with Crippen LogP contribution in [-0.2, 0) is 6.54 Å². The van der Waals surface area contributed by atoms with E-state index in [2.05, 4.69) is 21.9 Å². The number of allylic oxidation sites excluding steroid dienone is 1. The fourth-order valence-corrected chi connectivity index (χ4v) is 2.65. The molecule has 1 N–H and O–H groups in total. The van der Waals surface area contributed by atoms with Gasteiger partial charge in [-0.05, 0) is 26.0 Å². The van der Waals surface area contributed by atoms with Crippen molar-refractivity contribution in [2.75, 3.05) is 0 Å². The van der Waals surface area contributed by atoms with E-state index in [1.165, 1.54) is 10.9 Å². The number of nitrogens with one attached hydrogen (secondary N) is 1. The smallest absolute Gasteiger partial charge is 0.265 e. The first-order chi connectivity index (χ1) is 12.0. The summed E-state index contributed by atoms with van der Waals surface area (Å²) < 4.78 is 6.87. The minimum Gasteiger partial charge on any atom is -0.442 e. The van der Waals surface area contributed by atoms with Gasteiger partial charge in [-0.3, -0.25) is 19.1 Å². The number of aromatic nitrogens is 3. The Morgan fingerprint density at radius 3 is 2.92 bits per heavy atom. The number of fused-ring (bicyclic) bond motifs is 1. The van der Waals surface area contributed by atoms with Gasteiger partial charge in [0.1, 0.15) is 17.5 Å². The molecule has 7 nitrogen and oxygen atoms in total. The fraction of sp³-hybridized carbons (Fsp3) is 0.222. The number of hydrogen-bond donors (Lipinski definition) is 1.